The van der Waals surface area contributed by atoms with E-state index in [1.807, 2.05) is 13.8 Å². The van der Waals surface area contributed by atoms with Crippen molar-refractivity contribution in [3.8, 4) is 5.75 Å². The molecule has 1 fully saturated rings. The number of halogens is 3. The van der Waals surface area contributed by atoms with E-state index in [1.165, 1.54) is 44.0 Å². The molecule has 3 heterocycles. The summed E-state index contributed by atoms with van der Waals surface area (Å²) in [6, 6.07) is 2.69. The van der Waals surface area contributed by atoms with Crippen LogP contribution in [0.1, 0.15) is 54.1 Å². The maximum atomic E-state index is 14.0. The monoisotopic (exact) mass is 533 g/mol. The summed E-state index contributed by atoms with van der Waals surface area (Å²) < 4.78 is 54.5. The summed E-state index contributed by atoms with van der Waals surface area (Å²) in [4.78, 5) is 36.0. The van der Waals surface area contributed by atoms with Gasteiger partial charge in [-0.05, 0) is 51.5 Å². The average Bonchev–Trinajstić information content (AvgIpc) is 2.85. The van der Waals surface area contributed by atoms with Crippen molar-refractivity contribution in [1.82, 2.24) is 19.4 Å². The van der Waals surface area contributed by atoms with Crippen molar-refractivity contribution in [3.05, 3.63) is 57.3 Å². The smallest absolute Gasteiger partial charge is 0.416 e. The molecule has 1 aliphatic heterocycles. The van der Waals surface area contributed by atoms with E-state index in [9.17, 15) is 22.8 Å². The number of nitrogens with zero attached hydrogens (tertiary/aromatic N) is 4. The van der Waals surface area contributed by atoms with Crippen molar-refractivity contribution in [1.29, 1.82) is 0 Å². The lowest BCUT2D eigenvalue weighted by molar-refractivity contribution is -0.138. The molecule has 0 bridgehead atoms. The third-order valence-corrected chi connectivity index (χ3v) is 6.62. The SMILES string of the molecule is COc1cc(C(=O)N2C[C@@H](C)O[C@@H](C)C2)cnc1N[C@@H](C)c1cc2c(=O)n(C)c(C)nc2cc1C(F)(F)F. The Labute approximate surface area is 217 Å². The highest BCUT2D eigenvalue weighted by atomic mass is 19.4. The van der Waals surface area contributed by atoms with Gasteiger partial charge in [0.1, 0.15) is 5.82 Å². The number of amides is 1. The molecular formula is C26H30F3N5O4. The molecule has 3 aromatic rings. The summed E-state index contributed by atoms with van der Waals surface area (Å²) in [5.41, 5.74) is -1.24. The molecule has 0 unspecified atom stereocenters. The van der Waals surface area contributed by atoms with E-state index in [0.717, 1.165) is 6.07 Å². The van der Waals surface area contributed by atoms with Gasteiger partial charge in [0.15, 0.2) is 11.6 Å². The number of ether oxygens (including phenoxy) is 2. The molecule has 9 nitrogen and oxygen atoms in total. The molecule has 1 aromatic carbocycles. The number of morpholine rings is 1. The van der Waals surface area contributed by atoms with Crippen molar-refractivity contribution >= 4 is 22.6 Å². The van der Waals surface area contributed by atoms with E-state index in [1.54, 1.807) is 11.8 Å². The minimum atomic E-state index is -4.68. The van der Waals surface area contributed by atoms with Gasteiger partial charge in [-0.25, -0.2) is 9.97 Å². The number of benzene rings is 1. The second kappa shape index (κ2) is 10.2. The molecule has 0 radical (unpaired) electrons. The van der Waals surface area contributed by atoms with Gasteiger partial charge in [0.25, 0.3) is 11.5 Å². The van der Waals surface area contributed by atoms with Gasteiger partial charge in [0.05, 0.1) is 47.4 Å². The number of anilines is 1. The van der Waals surface area contributed by atoms with Crippen molar-refractivity contribution in [2.75, 3.05) is 25.5 Å². The Morgan fingerprint density at radius 3 is 2.47 bits per heavy atom. The van der Waals surface area contributed by atoms with Crippen molar-refractivity contribution in [2.45, 2.75) is 52.1 Å². The van der Waals surface area contributed by atoms with Crippen molar-refractivity contribution in [3.63, 3.8) is 0 Å². The van der Waals surface area contributed by atoms with Crippen LogP contribution in [0.2, 0.25) is 0 Å². The van der Waals surface area contributed by atoms with Gasteiger partial charge in [-0.2, -0.15) is 13.2 Å². The minimum Gasteiger partial charge on any atom is -0.493 e. The van der Waals surface area contributed by atoms with E-state index >= 15 is 0 Å². The topological polar surface area (TPSA) is 98.6 Å². The fourth-order valence-corrected chi connectivity index (χ4v) is 4.68. The molecule has 38 heavy (non-hydrogen) atoms. The Morgan fingerprint density at radius 2 is 1.87 bits per heavy atom. The van der Waals surface area contributed by atoms with Crippen LogP contribution in [0.5, 0.6) is 5.75 Å². The van der Waals surface area contributed by atoms with Gasteiger partial charge in [-0.3, -0.25) is 14.2 Å². The van der Waals surface area contributed by atoms with Gasteiger partial charge in [0.2, 0.25) is 0 Å². The van der Waals surface area contributed by atoms with Crippen LogP contribution in [0.25, 0.3) is 10.9 Å². The number of fused-ring (bicyclic) bond motifs is 1. The summed E-state index contributed by atoms with van der Waals surface area (Å²) in [6.45, 7) is 7.71. The summed E-state index contributed by atoms with van der Waals surface area (Å²) in [5.74, 6) is 0.409. The highest BCUT2D eigenvalue weighted by Gasteiger charge is 2.36. The number of hydrogen-bond acceptors (Lipinski definition) is 7. The lowest BCUT2D eigenvalue weighted by Crippen LogP contribution is -2.48. The number of methoxy groups -OCH3 is 1. The molecule has 3 atom stereocenters. The Morgan fingerprint density at radius 1 is 1.21 bits per heavy atom. The van der Waals surface area contributed by atoms with E-state index in [4.69, 9.17) is 9.47 Å². The quantitative estimate of drug-likeness (QED) is 0.528. The maximum Gasteiger partial charge on any atom is 0.416 e. The second-order valence-electron chi connectivity index (χ2n) is 9.59. The van der Waals surface area contributed by atoms with Crippen molar-refractivity contribution < 1.29 is 27.4 Å². The first kappa shape index (κ1) is 27.4. The van der Waals surface area contributed by atoms with Crippen LogP contribution in [0.15, 0.2) is 29.2 Å². The van der Waals surface area contributed by atoms with Crippen LogP contribution in [0.4, 0.5) is 19.0 Å². The molecule has 1 aliphatic rings. The summed E-state index contributed by atoms with van der Waals surface area (Å²) in [7, 11) is 2.90. The zero-order chi connectivity index (χ0) is 27.9. The number of carbonyl (C=O) groups excluding carboxylic acids is 1. The number of aryl methyl sites for hydroxylation is 1. The number of carbonyl (C=O) groups is 1. The first-order chi connectivity index (χ1) is 17.8. The van der Waals surface area contributed by atoms with E-state index in [-0.39, 0.29) is 51.7 Å². The van der Waals surface area contributed by atoms with Gasteiger partial charge >= 0.3 is 6.18 Å². The lowest BCUT2D eigenvalue weighted by Gasteiger charge is -2.35. The normalized spacial score (nSPS) is 18.9. The number of alkyl halides is 3. The molecule has 1 amide bonds. The van der Waals surface area contributed by atoms with Crippen LogP contribution in [0.3, 0.4) is 0 Å². The van der Waals surface area contributed by atoms with Crippen LogP contribution in [0, 0.1) is 6.92 Å². The first-order valence-corrected chi connectivity index (χ1v) is 12.1. The first-order valence-electron chi connectivity index (χ1n) is 12.1. The van der Waals surface area contributed by atoms with E-state index in [0.29, 0.717) is 18.9 Å². The average molecular weight is 534 g/mol. The maximum absolute atomic E-state index is 14.0. The van der Waals surface area contributed by atoms with Gasteiger partial charge in [-0.1, -0.05) is 0 Å². The molecule has 0 saturated carbocycles. The Hall–Kier alpha value is -3.67. The molecule has 0 aliphatic carbocycles. The zero-order valence-corrected chi connectivity index (χ0v) is 22.0. The predicted molar refractivity (Wildman–Crippen MR) is 135 cm³/mol. The van der Waals surface area contributed by atoms with Gasteiger partial charge in [-0.15, -0.1) is 0 Å². The molecule has 1 saturated heterocycles. The van der Waals surface area contributed by atoms with E-state index < -0.39 is 23.3 Å². The van der Waals surface area contributed by atoms with Crippen molar-refractivity contribution in [2.24, 2.45) is 7.05 Å². The summed E-state index contributed by atoms with van der Waals surface area (Å²) in [6.07, 6.45) is -3.55. The summed E-state index contributed by atoms with van der Waals surface area (Å²) in [5, 5.41) is 3.02. The fourth-order valence-electron chi connectivity index (χ4n) is 4.68. The Kier molecular flexibility index (Phi) is 7.37. The molecule has 204 valence electrons. The third-order valence-electron chi connectivity index (χ3n) is 6.62. The lowest BCUT2D eigenvalue weighted by atomic mass is 9.98. The molecule has 12 heteroatoms. The molecule has 4 rings (SSSR count). The Balaban J connectivity index is 1.68. The largest absolute Gasteiger partial charge is 0.493 e. The Bertz CT molecular complexity index is 1430. The number of rotatable bonds is 5. The van der Waals surface area contributed by atoms with Crippen LogP contribution >= 0.6 is 0 Å². The fraction of sp³-hybridized carbons (Fsp3) is 0.462. The zero-order valence-electron chi connectivity index (χ0n) is 22.0. The highest BCUT2D eigenvalue weighted by Crippen LogP contribution is 2.38. The van der Waals surface area contributed by atoms with Crippen LogP contribution < -0.4 is 15.6 Å². The van der Waals surface area contributed by atoms with E-state index in [2.05, 4.69) is 15.3 Å². The molecular weight excluding hydrogens is 503 g/mol. The third kappa shape index (κ3) is 5.31. The van der Waals surface area contributed by atoms with Crippen LogP contribution in [-0.4, -0.2) is 57.7 Å². The second-order valence-corrected chi connectivity index (χ2v) is 9.59. The minimum absolute atomic E-state index is 0.0285. The number of hydrogen-bond donors (Lipinski definition) is 1. The summed E-state index contributed by atoms with van der Waals surface area (Å²) >= 11 is 0. The highest BCUT2D eigenvalue weighted by molar-refractivity contribution is 5.95. The molecule has 2 aromatic heterocycles. The molecule has 0 spiro atoms. The van der Waals surface area contributed by atoms with Gasteiger partial charge in [0, 0.05) is 26.3 Å². The van der Waals surface area contributed by atoms with Gasteiger partial charge < -0.3 is 19.7 Å². The molecule has 1 N–H and O–H groups in total. The van der Waals surface area contributed by atoms with Crippen LogP contribution in [-0.2, 0) is 18.0 Å². The number of aromatic nitrogens is 3. The number of nitrogens with one attached hydrogen (secondary N) is 1. The number of pyridine rings is 1. The predicted octanol–water partition coefficient (Wildman–Crippen LogP) is 4.09. The standard InChI is InChI=1S/C26H30F3N5O4/c1-13-11-34(12-14(2)38-13)24(35)17-7-22(37-6)23(30-10-17)31-15(3)18-8-19-21(9-20(18)26(27,28)29)32-16(4)33(5)25(19)36/h7-10,13-15H,11-12H2,1-6H3,(H,30,31)/t13-,14+,15-/m0/s1.